The Kier molecular flexibility index (Phi) is 5.19. The molecule has 0 fully saturated rings. The van der Waals surface area contributed by atoms with Gasteiger partial charge in [0.05, 0.1) is 11.7 Å². The zero-order chi connectivity index (χ0) is 12.1. The van der Waals surface area contributed by atoms with E-state index in [-0.39, 0.29) is 11.9 Å². The number of hydrogen-bond donors (Lipinski definition) is 1. The SMILES string of the molecule is CCC(C)SCc1cc(O)n(C(C)CC)n1. The van der Waals surface area contributed by atoms with E-state index in [1.165, 1.54) is 6.42 Å². The first kappa shape index (κ1) is 13.4. The molecule has 0 amide bonds. The third-order valence-corrected chi connectivity index (χ3v) is 4.23. The van der Waals surface area contributed by atoms with Gasteiger partial charge >= 0.3 is 0 Å². The van der Waals surface area contributed by atoms with Gasteiger partial charge in [0.25, 0.3) is 0 Å². The van der Waals surface area contributed by atoms with E-state index in [2.05, 4.69) is 32.8 Å². The molecule has 1 aromatic heterocycles. The second-order valence-corrected chi connectivity index (χ2v) is 5.65. The van der Waals surface area contributed by atoms with Crippen LogP contribution in [-0.4, -0.2) is 20.1 Å². The summed E-state index contributed by atoms with van der Waals surface area (Å²) in [5.41, 5.74) is 0.975. The van der Waals surface area contributed by atoms with Crippen LogP contribution in [0.1, 0.15) is 52.3 Å². The number of rotatable bonds is 6. The van der Waals surface area contributed by atoms with Crippen molar-refractivity contribution < 1.29 is 5.11 Å². The highest BCUT2D eigenvalue weighted by atomic mass is 32.2. The largest absolute Gasteiger partial charge is 0.493 e. The molecule has 0 radical (unpaired) electrons. The highest BCUT2D eigenvalue weighted by Gasteiger charge is 2.11. The molecule has 1 heterocycles. The van der Waals surface area contributed by atoms with E-state index in [1.807, 2.05) is 11.8 Å². The summed E-state index contributed by atoms with van der Waals surface area (Å²) in [6.45, 7) is 8.57. The number of aromatic nitrogens is 2. The van der Waals surface area contributed by atoms with E-state index in [9.17, 15) is 5.11 Å². The van der Waals surface area contributed by atoms with Crippen molar-refractivity contribution in [2.24, 2.45) is 0 Å². The van der Waals surface area contributed by atoms with Crippen LogP contribution in [0.25, 0.3) is 0 Å². The first-order chi connectivity index (χ1) is 7.58. The minimum absolute atomic E-state index is 0.266. The van der Waals surface area contributed by atoms with Crippen molar-refractivity contribution in [3.63, 3.8) is 0 Å². The topological polar surface area (TPSA) is 38.0 Å². The Labute approximate surface area is 102 Å². The van der Waals surface area contributed by atoms with Crippen LogP contribution in [0.3, 0.4) is 0 Å². The molecule has 1 rings (SSSR count). The number of hydrogen-bond acceptors (Lipinski definition) is 3. The Bertz CT molecular complexity index is 325. The van der Waals surface area contributed by atoms with Crippen LogP contribution in [0.2, 0.25) is 0 Å². The van der Waals surface area contributed by atoms with Crippen LogP contribution in [0.4, 0.5) is 0 Å². The lowest BCUT2D eigenvalue weighted by Gasteiger charge is -2.09. The Morgan fingerprint density at radius 2 is 2.06 bits per heavy atom. The molecule has 16 heavy (non-hydrogen) atoms. The van der Waals surface area contributed by atoms with Crippen molar-refractivity contribution in [2.45, 2.75) is 57.6 Å². The molecule has 0 bridgehead atoms. The summed E-state index contributed by atoms with van der Waals surface area (Å²) in [5.74, 6) is 1.17. The molecule has 2 unspecified atom stereocenters. The standard InChI is InChI=1S/C12H22N2OS/c1-5-9(3)14-12(15)7-11(13-14)8-16-10(4)6-2/h7,9-10,15H,5-6,8H2,1-4H3. The summed E-state index contributed by atoms with van der Waals surface area (Å²) in [6.07, 6.45) is 2.15. The Morgan fingerprint density at radius 3 is 2.62 bits per heavy atom. The van der Waals surface area contributed by atoms with Crippen molar-refractivity contribution in [3.8, 4) is 5.88 Å². The van der Waals surface area contributed by atoms with Crippen LogP contribution in [0, 0.1) is 0 Å². The summed E-state index contributed by atoms with van der Waals surface area (Å²) in [6, 6.07) is 2.05. The normalized spacial score (nSPS) is 15.0. The zero-order valence-corrected chi connectivity index (χ0v) is 11.4. The maximum atomic E-state index is 9.75. The number of thioether (sulfide) groups is 1. The summed E-state index contributed by atoms with van der Waals surface area (Å²) < 4.78 is 1.71. The predicted octanol–water partition coefficient (Wildman–Crippen LogP) is 3.59. The molecule has 92 valence electrons. The zero-order valence-electron chi connectivity index (χ0n) is 10.6. The van der Waals surface area contributed by atoms with Crippen molar-refractivity contribution in [1.82, 2.24) is 9.78 Å². The third-order valence-electron chi connectivity index (χ3n) is 2.87. The van der Waals surface area contributed by atoms with Gasteiger partial charge in [-0.2, -0.15) is 16.9 Å². The van der Waals surface area contributed by atoms with E-state index in [0.29, 0.717) is 5.25 Å². The van der Waals surface area contributed by atoms with Gasteiger partial charge in [-0.05, 0) is 19.8 Å². The Balaban J connectivity index is 2.62. The molecule has 0 aliphatic rings. The van der Waals surface area contributed by atoms with Crippen LogP contribution < -0.4 is 0 Å². The average Bonchev–Trinajstić information content (AvgIpc) is 2.66. The summed E-state index contributed by atoms with van der Waals surface area (Å²) in [5, 5.41) is 14.8. The highest BCUT2D eigenvalue weighted by Crippen LogP contribution is 2.24. The summed E-state index contributed by atoms with van der Waals surface area (Å²) in [7, 11) is 0. The van der Waals surface area contributed by atoms with E-state index in [1.54, 1.807) is 10.7 Å². The maximum Gasteiger partial charge on any atom is 0.209 e. The van der Waals surface area contributed by atoms with Crippen LogP contribution >= 0.6 is 11.8 Å². The quantitative estimate of drug-likeness (QED) is 0.828. The molecule has 0 saturated carbocycles. The van der Waals surface area contributed by atoms with Crippen molar-refractivity contribution in [3.05, 3.63) is 11.8 Å². The van der Waals surface area contributed by atoms with Gasteiger partial charge in [0.1, 0.15) is 0 Å². The maximum absolute atomic E-state index is 9.75. The summed E-state index contributed by atoms with van der Waals surface area (Å²) >= 11 is 1.88. The highest BCUT2D eigenvalue weighted by molar-refractivity contribution is 7.99. The van der Waals surface area contributed by atoms with Crippen LogP contribution in [0.15, 0.2) is 6.07 Å². The first-order valence-electron chi connectivity index (χ1n) is 5.97. The second kappa shape index (κ2) is 6.18. The van der Waals surface area contributed by atoms with Gasteiger partial charge in [0.2, 0.25) is 5.88 Å². The molecule has 4 heteroatoms. The minimum atomic E-state index is 0.266. The van der Waals surface area contributed by atoms with E-state index in [4.69, 9.17) is 0 Å². The number of aromatic hydroxyl groups is 1. The van der Waals surface area contributed by atoms with Gasteiger partial charge in [-0.25, -0.2) is 4.68 Å². The molecular weight excluding hydrogens is 220 g/mol. The molecule has 1 N–H and O–H groups in total. The third kappa shape index (κ3) is 3.44. The molecule has 0 spiro atoms. The second-order valence-electron chi connectivity index (χ2n) is 4.23. The van der Waals surface area contributed by atoms with Crippen molar-refractivity contribution >= 4 is 11.8 Å². The van der Waals surface area contributed by atoms with E-state index in [0.717, 1.165) is 17.9 Å². The average molecular weight is 242 g/mol. The summed E-state index contributed by atoms with van der Waals surface area (Å²) in [4.78, 5) is 0. The van der Waals surface area contributed by atoms with Crippen LogP contribution in [0.5, 0.6) is 5.88 Å². The lowest BCUT2D eigenvalue weighted by Crippen LogP contribution is -2.05. The number of nitrogens with zero attached hydrogens (tertiary/aromatic N) is 2. The van der Waals surface area contributed by atoms with Gasteiger partial charge in [-0.15, -0.1) is 0 Å². The van der Waals surface area contributed by atoms with Gasteiger partial charge in [0.15, 0.2) is 0 Å². The fraction of sp³-hybridized carbons (Fsp3) is 0.750. The van der Waals surface area contributed by atoms with Crippen molar-refractivity contribution in [1.29, 1.82) is 0 Å². The fourth-order valence-electron chi connectivity index (χ4n) is 1.35. The molecule has 2 atom stereocenters. The molecule has 3 nitrogen and oxygen atoms in total. The fourth-order valence-corrected chi connectivity index (χ4v) is 2.18. The molecule has 0 aliphatic carbocycles. The van der Waals surface area contributed by atoms with Crippen LogP contribution in [-0.2, 0) is 5.75 Å². The minimum Gasteiger partial charge on any atom is -0.493 e. The first-order valence-corrected chi connectivity index (χ1v) is 7.02. The lowest BCUT2D eigenvalue weighted by molar-refractivity contribution is 0.361. The van der Waals surface area contributed by atoms with Gasteiger partial charge in [0, 0.05) is 17.1 Å². The lowest BCUT2D eigenvalue weighted by atomic mass is 10.3. The molecule has 0 aliphatic heterocycles. The smallest absolute Gasteiger partial charge is 0.209 e. The molecule has 0 saturated heterocycles. The molecule has 0 aromatic carbocycles. The Hall–Kier alpha value is -0.640. The van der Waals surface area contributed by atoms with Gasteiger partial charge < -0.3 is 5.11 Å². The van der Waals surface area contributed by atoms with E-state index >= 15 is 0 Å². The molecular formula is C12H22N2OS. The van der Waals surface area contributed by atoms with Gasteiger partial charge in [-0.3, -0.25) is 0 Å². The van der Waals surface area contributed by atoms with Crippen molar-refractivity contribution in [2.75, 3.05) is 0 Å². The predicted molar refractivity (Wildman–Crippen MR) is 69.9 cm³/mol. The molecule has 1 aromatic rings. The Morgan fingerprint density at radius 1 is 1.38 bits per heavy atom. The van der Waals surface area contributed by atoms with E-state index < -0.39 is 0 Å². The monoisotopic (exact) mass is 242 g/mol. The van der Waals surface area contributed by atoms with Gasteiger partial charge in [-0.1, -0.05) is 20.8 Å².